The molecule has 19 heavy (non-hydrogen) atoms. The van der Waals surface area contributed by atoms with Gasteiger partial charge in [0.15, 0.2) is 0 Å². The molecule has 2 aromatic rings. The van der Waals surface area contributed by atoms with Crippen LogP contribution in [0.15, 0.2) is 28.4 Å². The highest BCUT2D eigenvalue weighted by Crippen LogP contribution is 2.41. The highest BCUT2D eigenvalue weighted by Gasteiger charge is 2.28. The van der Waals surface area contributed by atoms with Crippen LogP contribution in [0.2, 0.25) is 10.2 Å². The average molecular weight is 312 g/mol. The molecule has 2 aromatic heterocycles. The largest absolute Gasteiger partial charge is 0.248 e. The van der Waals surface area contributed by atoms with E-state index in [-0.39, 0.29) is 0 Å². The number of rotatable bonds is 3. The van der Waals surface area contributed by atoms with Gasteiger partial charge in [0, 0.05) is 17.7 Å². The summed E-state index contributed by atoms with van der Waals surface area (Å²) in [7, 11) is 0. The predicted octanol–water partition coefficient (Wildman–Crippen LogP) is 4.52. The Labute approximate surface area is 125 Å². The van der Waals surface area contributed by atoms with E-state index in [2.05, 4.69) is 15.0 Å². The molecule has 3 nitrogen and oxygen atoms in total. The van der Waals surface area contributed by atoms with Gasteiger partial charge in [0.25, 0.3) is 0 Å². The molecular formula is C13H11Cl2N3S. The molecule has 2 heterocycles. The smallest absolute Gasteiger partial charge is 0.136 e. The molecule has 0 N–H and O–H groups in total. The van der Waals surface area contributed by atoms with Crippen LogP contribution in [0.4, 0.5) is 0 Å². The molecule has 1 aliphatic rings. The average Bonchev–Trinajstić information content (AvgIpc) is 3.21. The van der Waals surface area contributed by atoms with E-state index in [1.54, 1.807) is 6.20 Å². The van der Waals surface area contributed by atoms with E-state index in [0.717, 1.165) is 34.3 Å². The third kappa shape index (κ3) is 2.86. The maximum Gasteiger partial charge on any atom is 0.136 e. The van der Waals surface area contributed by atoms with Gasteiger partial charge in [0.2, 0.25) is 0 Å². The number of hydrogen-bond donors (Lipinski definition) is 0. The first-order valence-electron chi connectivity index (χ1n) is 5.97. The van der Waals surface area contributed by atoms with E-state index >= 15 is 0 Å². The lowest BCUT2D eigenvalue weighted by Crippen LogP contribution is -1.98. The number of aromatic nitrogens is 3. The maximum atomic E-state index is 6.18. The van der Waals surface area contributed by atoms with Crippen molar-refractivity contribution in [1.29, 1.82) is 0 Å². The SMILES string of the molecule is Cc1c(Cl)nc(C2CC2)nc1Sc1ncccc1Cl. The monoisotopic (exact) mass is 311 g/mol. The summed E-state index contributed by atoms with van der Waals surface area (Å²) in [4.78, 5) is 13.2. The van der Waals surface area contributed by atoms with E-state index in [0.29, 0.717) is 16.1 Å². The standard InChI is InChI=1S/C13H11Cl2N3S/c1-7-10(15)17-11(8-4-5-8)18-12(7)19-13-9(14)3-2-6-16-13/h2-3,6,8H,4-5H2,1H3. The van der Waals surface area contributed by atoms with Crippen LogP contribution in [0.3, 0.4) is 0 Å². The van der Waals surface area contributed by atoms with Crippen LogP contribution in [0.5, 0.6) is 0 Å². The Kier molecular flexibility index (Phi) is 3.65. The van der Waals surface area contributed by atoms with E-state index in [9.17, 15) is 0 Å². The summed E-state index contributed by atoms with van der Waals surface area (Å²) in [6.45, 7) is 1.91. The Balaban J connectivity index is 1.98. The molecule has 0 unspecified atom stereocenters. The molecule has 1 fully saturated rings. The van der Waals surface area contributed by atoms with Crippen molar-refractivity contribution in [1.82, 2.24) is 15.0 Å². The van der Waals surface area contributed by atoms with Crippen molar-refractivity contribution in [3.8, 4) is 0 Å². The first kappa shape index (κ1) is 13.2. The zero-order valence-corrected chi connectivity index (χ0v) is 12.6. The normalized spacial score (nSPS) is 14.7. The van der Waals surface area contributed by atoms with Gasteiger partial charge in [-0.2, -0.15) is 0 Å². The van der Waals surface area contributed by atoms with Gasteiger partial charge in [-0.1, -0.05) is 23.2 Å². The Morgan fingerprint density at radius 3 is 2.68 bits per heavy atom. The second kappa shape index (κ2) is 5.27. The number of pyridine rings is 1. The Hall–Kier alpha value is -0.840. The van der Waals surface area contributed by atoms with Crippen LogP contribution in [-0.2, 0) is 0 Å². The van der Waals surface area contributed by atoms with Crippen LogP contribution < -0.4 is 0 Å². The molecular weight excluding hydrogens is 301 g/mol. The van der Waals surface area contributed by atoms with Crippen molar-refractivity contribution in [2.45, 2.75) is 35.7 Å². The van der Waals surface area contributed by atoms with E-state index in [4.69, 9.17) is 23.2 Å². The predicted molar refractivity (Wildman–Crippen MR) is 77.1 cm³/mol. The molecule has 98 valence electrons. The zero-order chi connectivity index (χ0) is 13.4. The zero-order valence-electron chi connectivity index (χ0n) is 10.2. The van der Waals surface area contributed by atoms with Gasteiger partial charge in [-0.15, -0.1) is 0 Å². The molecule has 3 rings (SSSR count). The first-order chi connectivity index (χ1) is 9.15. The second-order valence-electron chi connectivity index (χ2n) is 4.47. The van der Waals surface area contributed by atoms with Crippen molar-refractivity contribution in [3.05, 3.63) is 39.9 Å². The maximum absolute atomic E-state index is 6.18. The van der Waals surface area contributed by atoms with Gasteiger partial charge < -0.3 is 0 Å². The topological polar surface area (TPSA) is 38.7 Å². The summed E-state index contributed by atoms with van der Waals surface area (Å²) in [5, 5.41) is 2.72. The molecule has 0 aliphatic heterocycles. The minimum absolute atomic E-state index is 0.469. The van der Waals surface area contributed by atoms with Crippen LogP contribution in [0.25, 0.3) is 0 Å². The molecule has 0 atom stereocenters. The summed E-state index contributed by atoms with van der Waals surface area (Å²) in [6.07, 6.45) is 4.01. The summed E-state index contributed by atoms with van der Waals surface area (Å²) >= 11 is 13.7. The lowest BCUT2D eigenvalue weighted by atomic mass is 10.3. The van der Waals surface area contributed by atoms with Crippen LogP contribution in [0, 0.1) is 6.92 Å². The summed E-state index contributed by atoms with van der Waals surface area (Å²) in [5.41, 5.74) is 0.873. The van der Waals surface area contributed by atoms with Gasteiger partial charge in [0.05, 0.1) is 5.02 Å². The molecule has 1 aliphatic carbocycles. The fourth-order valence-corrected chi connectivity index (χ4v) is 2.97. The number of halogens is 2. The van der Waals surface area contributed by atoms with Gasteiger partial charge in [0.1, 0.15) is 21.0 Å². The molecule has 1 saturated carbocycles. The summed E-state index contributed by atoms with van der Waals surface area (Å²) in [6, 6.07) is 3.62. The molecule has 0 amide bonds. The van der Waals surface area contributed by atoms with Crippen molar-refractivity contribution >= 4 is 35.0 Å². The van der Waals surface area contributed by atoms with Crippen molar-refractivity contribution in [2.75, 3.05) is 0 Å². The van der Waals surface area contributed by atoms with Gasteiger partial charge in [-0.25, -0.2) is 15.0 Å². The Morgan fingerprint density at radius 2 is 2.00 bits per heavy atom. The molecule has 0 radical (unpaired) electrons. The molecule has 0 aromatic carbocycles. The Morgan fingerprint density at radius 1 is 1.21 bits per heavy atom. The highest BCUT2D eigenvalue weighted by molar-refractivity contribution is 7.99. The van der Waals surface area contributed by atoms with E-state index in [1.165, 1.54) is 11.8 Å². The first-order valence-corrected chi connectivity index (χ1v) is 7.55. The van der Waals surface area contributed by atoms with Crippen molar-refractivity contribution < 1.29 is 0 Å². The van der Waals surface area contributed by atoms with E-state index in [1.807, 2.05) is 19.1 Å². The lowest BCUT2D eigenvalue weighted by Gasteiger charge is -2.08. The van der Waals surface area contributed by atoms with E-state index < -0.39 is 0 Å². The molecule has 0 spiro atoms. The van der Waals surface area contributed by atoms with Gasteiger partial charge in [-0.3, -0.25) is 0 Å². The Bertz CT molecular complexity index is 629. The van der Waals surface area contributed by atoms with Crippen molar-refractivity contribution in [2.24, 2.45) is 0 Å². The summed E-state index contributed by atoms with van der Waals surface area (Å²) < 4.78 is 0. The van der Waals surface area contributed by atoms with Crippen LogP contribution in [0.1, 0.15) is 30.1 Å². The minimum Gasteiger partial charge on any atom is -0.248 e. The minimum atomic E-state index is 0.469. The second-order valence-corrected chi connectivity index (χ2v) is 6.21. The molecule has 6 heteroatoms. The van der Waals surface area contributed by atoms with Crippen LogP contribution in [-0.4, -0.2) is 15.0 Å². The quantitative estimate of drug-likeness (QED) is 0.781. The highest BCUT2D eigenvalue weighted by atomic mass is 35.5. The summed E-state index contributed by atoms with van der Waals surface area (Å²) in [5.74, 6) is 1.31. The van der Waals surface area contributed by atoms with Gasteiger partial charge in [-0.05, 0) is 43.7 Å². The third-order valence-electron chi connectivity index (χ3n) is 2.92. The van der Waals surface area contributed by atoms with Crippen molar-refractivity contribution in [3.63, 3.8) is 0 Å². The van der Waals surface area contributed by atoms with Crippen LogP contribution >= 0.6 is 35.0 Å². The number of hydrogen-bond acceptors (Lipinski definition) is 4. The lowest BCUT2D eigenvalue weighted by molar-refractivity contribution is 0.861. The molecule has 0 bridgehead atoms. The fraction of sp³-hybridized carbons (Fsp3) is 0.308. The molecule has 0 saturated heterocycles. The fourth-order valence-electron chi connectivity index (χ4n) is 1.65. The number of nitrogens with zero attached hydrogens (tertiary/aromatic N) is 3. The van der Waals surface area contributed by atoms with Gasteiger partial charge >= 0.3 is 0 Å². The third-order valence-corrected chi connectivity index (χ3v) is 4.81.